The monoisotopic (exact) mass is 424 g/mol. The minimum atomic E-state index is -0.240. The molecule has 0 fully saturated rings. The molecule has 0 saturated heterocycles. The second-order valence-corrected chi connectivity index (χ2v) is 8.00. The Hall–Kier alpha value is -2.58. The van der Waals surface area contributed by atoms with Crippen LogP contribution in [0.25, 0.3) is 21.0 Å². The minimum Gasteiger partial charge on any atom is -0.303 e. The first-order valence-corrected chi connectivity index (χ1v) is 10.1. The summed E-state index contributed by atoms with van der Waals surface area (Å²) in [6.07, 6.45) is 5.72. The van der Waals surface area contributed by atoms with Crippen LogP contribution in [-0.2, 0) is 17.8 Å². The van der Waals surface area contributed by atoms with Crippen molar-refractivity contribution in [1.82, 2.24) is 4.57 Å². The number of terminal acetylenes is 1. The van der Waals surface area contributed by atoms with Crippen LogP contribution in [0.4, 0.5) is 0 Å². The molecule has 1 aromatic heterocycles. The first-order chi connectivity index (χ1) is 13.6. The Labute approximate surface area is 175 Å². The van der Waals surface area contributed by atoms with Crippen molar-refractivity contribution in [2.75, 3.05) is 0 Å². The van der Waals surface area contributed by atoms with Gasteiger partial charge in [0, 0.05) is 0 Å². The number of hydrogen-bond acceptors (Lipinski definition) is 2. The van der Waals surface area contributed by atoms with Crippen molar-refractivity contribution >= 4 is 61.4 Å². The zero-order chi connectivity index (χ0) is 19.7. The van der Waals surface area contributed by atoms with Crippen LogP contribution in [0.15, 0.2) is 59.6 Å². The molecule has 138 valence electrons. The molecular weight excluding hydrogens is 411 g/mol. The maximum Gasteiger partial charge on any atom is 0.252 e. The normalized spacial score (nSPS) is 11.8. The van der Waals surface area contributed by atoms with Gasteiger partial charge in [-0.1, -0.05) is 82.9 Å². The minimum absolute atomic E-state index is 0.208. The van der Waals surface area contributed by atoms with Crippen molar-refractivity contribution in [2.24, 2.45) is 4.99 Å². The molecular formula is C22H14Cl2N2OS. The first kappa shape index (κ1) is 18.8. The Morgan fingerprint density at radius 1 is 1.11 bits per heavy atom. The van der Waals surface area contributed by atoms with Crippen LogP contribution in [0.2, 0.25) is 10.0 Å². The van der Waals surface area contributed by atoms with E-state index in [2.05, 4.69) is 10.9 Å². The van der Waals surface area contributed by atoms with Crippen molar-refractivity contribution in [1.29, 1.82) is 0 Å². The summed E-state index contributed by atoms with van der Waals surface area (Å²) in [7, 11) is 0. The fourth-order valence-electron chi connectivity index (χ4n) is 3.18. The molecule has 3 nitrogen and oxygen atoms in total. The molecule has 0 atom stereocenters. The fraction of sp³-hybridized carbons (Fsp3) is 0.0909. The molecule has 0 N–H and O–H groups in total. The number of rotatable bonds is 3. The lowest BCUT2D eigenvalue weighted by molar-refractivity contribution is -0.117. The van der Waals surface area contributed by atoms with Gasteiger partial charge >= 0.3 is 0 Å². The molecule has 0 spiro atoms. The van der Waals surface area contributed by atoms with Crippen LogP contribution in [-0.4, -0.2) is 10.5 Å². The number of amides is 1. The number of halogens is 2. The third-order valence-corrected chi connectivity index (χ3v) is 6.26. The van der Waals surface area contributed by atoms with Gasteiger partial charge in [-0.15, -0.1) is 6.42 Å². The van der Waals surface area contributed by atoms with E-state index < -0.39 is 0 Å². The van der Waals surface area contributed by atoms with Crippen LogP contribution in [0.3, 0.4) is 0 Å². The number of aromatic nitrogens is 1. The maximum atomic E-state index is 12.7. The lowest BCUT2D eigenvalue weighted by Crippen LogP contribution is -2.17. The Balaban J connectivity index is 1.79. The number of hydrogen-bond donors (Lipinski definition) is 0. The van der Waals surface area contributed by atoms with Crippen LogP contribution < -0.4 is 4.80 Å². The largest absolute Gasteiger partial charge is 0.303 e. The van der Waals surface area contributed by atoms with E-state index >= 15 is 0 Å². The van der Waals surface area contributed by atoms with Gasteiger partial charge in [0.1, 0.15) is 0 Å². The van der Waals surface area contributed by atoms with E-state index in [9.17, 15) is 4.79 Å². The highest BCUT2D eigenvalue weighted by molar-refractivity contribution is 7.16. The summed E-state index contributed by atoms with van der Waals surface area (Å²) >= 11 is 13.9. The SMILES string of the molecule is C#CCn1c(=NC(=O)Cc2cccc3ccccc23)sc2ccc(Cl)c(Cl)c21. The first-order valence-electron chi connectivity index (χ1n) is 8.53. The third-order valence-electron chi connectivity index (χ3n) is 4.43. The van der Waals surface area contributed by atoms with Crippen molar-refractivity contribution in [2.45, 2.75) is 13.0 Å². The predicted molar refractivity (Wildman–Crippen MR) is 117 cm³/mol. The zero-order valence-corrected chi connectivity index (χ0v) is 17.0. The van der Waals surface area contributed by atoms with E-state index in [1.54, 1.807) is 10.6 Å². The number of benzene rings is 3. The highest BCUT2D eigenvalue weighted by Gasteiger charge is 2.13. The zero-order valence-electron chi connectivity index (χ0n) is 14.7. The molecule has 4 rings (SSSR count). The topological polar surface area (TPSA) is 34.4 Å². The van der Waals surface area contributed by atoms with Crippen molar-refractivity contribution in [3.8, 4) is 12.3 Å². The van der Waals surface area contributed by atoms with Crippen LogP contribution in [0.1, 0.15) is 5.56 Å². The van der Waals surface area contributed by atoms with Gasteiger partial charge in [0.25, 0.3) is 5.91 Å². The van der Waals surface area contributed by atoms with E-state index in [0.29, 0.717) is 20.4 Å². The van der Waals surface area contributed by atoms with Crippen LogP contribution in [0.5, 0.6) is 0 Å². The quantitative estimate of drug-likeness (QED) is 0.401. The smallest absolute Gasteiger partial charge is 0.252 e. The Morgan fingerprint density at radius 3 is 2.71 bits per heavy atom. The summed E-state index contributed by atoms with van der Waals surface area (Å²) in [5, 5.41) is 3.00. The molecule has 0 radical (unpaired) electrons. The van der Waals surface area contributed by atoms with Gasteiger partial charge in [0.2, 0.25) is 0 Å². The van der Waals surface area contributed by atoms with E-state index in [0.717, 1.165) is 21.0 Å². The van der Waals surface area contributed by atoms with Gasteiger partial charge in [0.05, 0.1) is 33.2 Å². The van der Waals surface area contributed by atoms with Gasteiger partial charge in [-0.25, -0.2) is 0 Å². The third kappa shape index (κ3) is 3.45. The standard InChI is InChI=1S/C22H14Cl2N2OS/c1-2-12-26-21-18(11-10-17(23)20(21)24)28-22(26)25-19(27)13-15-8-5-7-14-6-3-4-9-16(14)15/h1,3-11H,12-13H2. The molecule has 28 heavy (non-hydrogen) atoms. The van der Waals surface area contributed by atoms with Crippen molar-refractivity contribution in [3.63, 3.8) is 0 Å². The molecule has 0 aliphatic rings. The van der Waals surface area contributed by atoms with Crippen molar-refractivity contribution < 1.29 is 4.79 Å². The number of fused-ring (bicyclic) bond motifs is 2. The summed E-state index contributed by atoms with van der Waals surface area (Å²) in [4.78, 5) is 17.6. The van der Waals surface area contributed by atoms with Gasteiger partial charge in [0.15, 0.2) is 4.80 Å². The average Bonchev–Trinajstić information content (AvgIpc) is 3.03. The van der Waals surface area contributed by atoms with Crippen molar-refractivity contribution in [3.05, 3.63) is 75.0 Å². The van der Waals surface area contributed by atoms with E-state index in [1.165, 1.54) is 11.3 Å². The van der Waals surface area contributed by atoms with Crippen LogP contribution >= 0.6 is 34.5 Å². The second-order valence-electron chi connectivity index (χ2n) is 6.20. The summed E-state index contributed by atoms with van der Waals surface area (Å²) in [6, 6.07) is 17.5. The molecule has 1 heterocycles. The number of carbonyl (C=O) groups excluding carboxylic acids is 1. The van der Waals surface area contributed by atoms with E-state index in [-0.39, 0.29) is 18.9 Å². The lowest BCUT2D eigenvalue weighted by atomic mass is 10.0. The van der Waals surface area contributed by atoms with E-state index in [4.69, 9.17) is 29.6 Å². The Kier molecular flexibility index (Phi) is 5.23. The average molecular weight is 425 g/mol. The molecule has 0 aliphatic heterocycles. The Bertz CT molecular complexity index is 1320. The van der Waals surface area contributed by atoms with Gasteiger partial charge in [-0.05, 0) is 28.5 Å². The van der Waals surface area contributed by atoms with E-state index in [1.807, 2.05) is 48.5 Å². The molecule has 1 amide bonds. The maximum absolute atomic E-state index is 12.7. The van der Waals surface area contributed by atoms with Gasteiger partial charge in [-0.3, -0.25) is 4.79 Å². The molecule has 0 bridgehead atoms. The Morgan fingerprint density at radius 2 is 1.89 bits per heavy atom. The number of carbonyl (C=O) groups is 1. The second kappa shape index (κ2) is 7.81. The highest BCUT2D eigenvalue weighted by atomic mass is 35.5. The van der Waals surface area contributed by atoms with Gasteiger partial charge in [-0.2, -0.15) is 4.99 Å². The molecule has 0 unspecified atom stereocenters. The van der Waals surface area contributed by atoms with Crippen LogP contribution in [0, 0.1) is 12.3 Å². The number of thiazole rings is 1. The fourth-order valence-corrected chi connectivity index (χ4v) is 4.71. The number of nitrogens with zero attached hydrogens (tertiary/aromatic N) is 2. The molecule has 6 heteroatoms. The summed E-state index contributed by atoms with van der Waals surface area (Å²) in [5.74, 6) is 2.35. The summed E-state index contributed by atoms with van der Waals surface area (Å²) in [5.41, 5.74) is 1.64. The highest BCUT2D eigenvalue weighted by Crippen LogP contribution is 2.32. The predicted octanol–water partition coefficient (Wildman–Crippen LogP) is 5.47. The summed E-state index contributed by atoms with van der Waals surface area (Å²) < 4.78 is 2.64. The summed E-state index contributed by atoms with van der Waals surface area (Å²) in [6.45, 7) is 0.250. The molecule has 3 aromatic carbocycles. The van der Waals surface area contributed by atoms with Gasteiger partial charge < -0.3 is 4.57 Å². The molecule has 0 saturated carbocycles. The molecule has 4 aromatic rings. The lowest BCUT2D eigenvalue weighted by Gasteiger charge is -2.04. The molecule has 0 aliphatic carbocycles.